The molecule has 1 amide bonds. The van der Waals surface area contributed by atoms with Crippen LogP contribution in [0.3, 0.4) is 0 Å². The lowest BCUT2D eigenvalue weighted by Crippen LogP contribution is -2.44. The summed E-state index contributed by atoms with van der Waals surface area (Å²) in [6, 6.07) is 8.45. The van der Waals surface area contributed by atoms with E-state index in [1.807, 2.05) is 44.7 Å². The molecule has 5 nitrogen and oxygen atoms in total. The van der Waals surface area contributed by atoms with Crippen molar-refractivity contribution in [1.29, 1.82) is 0 Å². The van der Waals surface area contributed by atoms with Crippen LogP contribution in [0.4, 0.5) is 10.5 Å². The van der Waals surface area contributed by atoms with Crippen LogP contribution in [-0.4, -0.2) is 42.3 Å². The number of hydrogen-bond acceptors (Lipinski definition) is 4. The van der Waals surface area contributed by atoms with E-state index in [-0.39, 0.29) is 6.09 Å². The minimum absolute atomic E-state index is 0.196. The molecule has 1 unspecified atom stereocenters. The minimum atomic E-state index is -0.434. The second-order valence-corrected chi connectivity index (χ2v) is 7.70. The average Bonchev–Trinajstić information content (AvgIpc) is 2.55. The van der Waals surface area contributed by atoms with E-state index in [0.717, 1.165) is 37.4 Å². The summed E-state index contributed by atoms with van der Waals surface area (Å²) < 4.78 is 10.9. The lowest BCUT2D eigenvalue weighted by Gasteiger charge is -2.36. The Morgan fingerprint density at radius 1 is 1.24 bits per heavy atom. The molecule has 5 heteroatoms. The molecule has 1 aliphatic heterocycles. The molecule has 1 aromatic rings. The van der Waals surface area contributed by atoms with Gasteiger partial charge < -0.3 is 19.7 Å². The smallest absolute Gasteiger partial charge is 0.410 e. The van der Waals surface area contributed by atoms with Gasteiger partial charge in [-0.25, -0.2) is 4.79 Å². The van der Waals surface area contributed by atoms with Gasteiger partial charge in [-0.3, -0.25) is 0 Å². The average molecular weight is 348 g/mol. The number of nitrogens with one attached hydrogen (secondary N) is 1. The van der Waals surface area contributed by atoms with Crippen LogP contribution in [0.25, 0.3) is 0 Å². The second-order valence-electron chi connectivity index (χ2n) is 7.70. The van der Waals surface area contributed by atoms with Gasteiger partial charge in [0.1, 0.15) is 11.4 Å². The van der Waals surface area contributed by atoms with E-state index >= 15 is 0 Å². The van der Waals surface area contributed by atoms with E-state index in [1.54, 1.807) is 0 Å². The standard InChI is InChI=1S/C20H32N2O3/c1-6-24-18-9-7-17(8-10-18)21-15(2)16-11-13-22(14-12-16)19(23)25-20(3,4)5/h7-10,15-16,21H,6,11-14H2,1-5H3. The summed E-state index contributed by atoms with van der Waals surface area (Å²) in [6.07, 6.45) is 1.78. The summed E-state index contributed by atoms with van der Waals surface area (Å²) in [6.45, 7) is 12.1. The summed E-state index contributed by atoms with van der Waals surface area (Å²) in [5.74, 6) is 1.44. The third-order valence-corrected chi connectivity index (χ3v) is 4.46. The Hall–Kier alpha value is -1.91. The van der Waals surface area contributed by atoms with E-state index in [9.17, 15) is 4.79 Å². The van der Waals surface area contributed by atoms with Gasteiger partial charge in [-0.1, -0.05) is 0 Å². The number of nitrogens with zero attached hydrogens (tertiary/aromatic N) is 1. The van der Waals surface area contributed by atoms with Crippen molar-refractivity contribution in [3.63, 3.8) is 0 Å². The van der Waals surface area contributed by atoms with Gasteiger partial charge in [-0.15, -0.1) is 0 Å². The van der Waals surface area contributed by atoms with Crippen molar-refractivity contribution in [1.82, 2.24) is 4.90 Å². The summed E-state index contributed by atoms with van der Waals surface area (Å²) in [5.41, 5.74) is 0.668. The molecule has 0 bridgehead atoms. The third-order valence-electron chi connectivity index (χ3n) is 4.46. The summed E-state index contributed by atoms with van der Waals surface area (Å²) in [7, 11) is 0. The van der Waals surface area contributed by atoms with Crippen LogP contribution in [0.2, 0.25) is 0 Å². The molecule has 0 spiro atoms. The number of ether oxygens (including phenoxy) is 2. The number of likely N-dealkylation sites (tertiary alicyclic amines) is 1. The van der Waals surface area contributed by atoms with Crippen LogP contribution >= 0.6 is 0 Å². The molecule has 0 radical (unpaired) electrons. The van der Waals surface area contributed by atoms with E-state index in [1.165, 1.54) is 0 Å². The van der Waals surface area contributed by atoms with Crippen molar-refractivity contribution in [3.8, 4) is 5.75 Å². The van der Waals surface area contributed by atoms with Crippen molar-refractivity contribution in [2.24, 2.45) is 5.92 Å². The number of hydrogen-bond donors (Lipinski definition) is 1. The van der Waals surface area contributed by atoms with Gasteiger partial charge >= 0.3 is 6.09 Å². The van der Waals surface area contributed by atoms with Gasteiger partial charge in [0.25, 0.3) is 0 Å². The zero-order valence-corrected chi connectivity index (χ0v) is 16.2. The van der Waals surface area contributed by atoms with Gasteiger partial charge in [0.15, 0.2) is 0 Å². The quantitative estimate of drug-likeness (QED) is 0.849. The fourth-order valence-corrected chi connectivity index (χ4v) is 3.10. The zero-order chi connectivity index (χ0) is 18.4. The summed E-state index contributed by atoms with van der Waals surface area (Å²) >= 11 is 0. The maximum Gasteiger partial charge on any atom is 0.410 e. The number of carbonyl (C=O) groups excluding carboxylic acids is 1. The largest absolute Gasteiger partial charge is 0.494 e. The topological polar surface area (TPSA) is 50.8 Å². The number of benzene rings is 1. The predicted octanol–water partition coefficient (Wildman–Crippen LogP) is 4.53. The normalized spacial score (nSPS) is 17.1. The highest BCUT2D eigenvalue weighted by Crippen LogP contribution is 2.25. The maximum absolute atomic E-state index is 12.1. The number of piperidine rings is 1. The van der Waals surface area contributed by atoms with Gasteiger partial charge in [0.05, 0.1) is 6.61 Å². The van der Waals surface area contributed by atoms with E-state index in [0.29, 0.717) is 18.6 Å². The first kappa shape index (κ1) is 19.4. The molecule has 1 fully saturated rings. The SMILES string of the molecule is CCOc1ccc(NC(C)C2CCN(C(=O)OC(C)(C)C)CC2)cc1. The fraction of sp³-hybridized carbons (Fsp3) is 0.650. The molecule has 1 heterocycles. The van der Waals surface area contributed by atoms with Crippen LogP contribution in [0.15, 0.2) is 24.3 Å². The molecule has 2 rings (SSSR count). The molecule has 140 valence electrons. The molecular weight excluding hydrogens is 316 g/mol. The highest BCUT2D eigenvalue weighted by molar-refractivity contribution is 5.68. The fourth-order valence-electron chi connectivity index (χ4n) is 3.10. The Labute approximate surface area is 151 Å². The van der Waals surface area contributed by atoms with E-state index in [4.69, 9.17) is 9.47 Å². The van der Waals surface area contributed by atoms with Crippen LogP contribution < -0.4 is 10.1 Å². The van der Waals surface area contributed by atoms with E-state index < -0.39 is 5.60 Å². The van der Waals surface area contributed by atoms with Gasteiger partial charge in [-0.2, -0.15) is 0 Å². The van der Waals surface area contributed by atoms with Gasteiger partial charge in [-0.05, 0) is 77.6 Å². The predicted molar refractivity (Wildman–Crippen MR) is 101 cm³/mol. The lowest BCUT2D eigenvalue weighted by atomic mass is 9.90. The molecule has 1 atom stereocenters. The summed E-state index contributed by atoms with van der Waals surface area (Å²) in [5, 5.41) is 3.57. The molecule has 1 saturated heterocycles. The molecule has 0 aliphatic carbocycles. The first-order chi connectivity index (χ1) is 11.8. The van der Waals surface area contributed by atoms with Crippen LogP contribution in [0.1, 0.15) is 47.5 Å². The van der Waals surface area contributed by atoms with Crippen molar-refractivity contribution in [2.45, 2.75) is 59.1 Å². The number of amides is 1. The Kier molecular flexibility index (Phi) is 6.57. The summed E-state index contributed by atoms with van der Waals surface area (Å²) in [4.78, 5) is 14.0. The minimum Gasteiger partial charge on any atom is -0.494 e. The lowest BCUT2D eigenvalue weighted by molar-refractivity contribution is 0.0179. The van der Waals surface area contributed by atoms with Crippen molar-refractivity contribution in [2.75, 3.05) is 25.0 Å². The molecular formula is C20H32N2O3. The molecule has 1 N–H and O–H groups in total. The van der Waals surface area contributed by atoms with Crippen LogP contribution in [0, 0.1) is 5.92 Å². The number of anilines is 1. The molecule has 25 heavy (non-hydrogen) atoms. The monoisotopic (exact) mass is 348 g/mol. The maximum atomic E-state index is 12.1. The zero-order valence-electron chi connectivity index (χ0n) is 16.2. The van der Waals surface area contributed by atoms with Gasteiger partial charge in [0.2, 0.25) is 0 Å². The van der Waals surface area contributed by atoms with E-state index in [2.05, 4.69) is 24.4 Å². The Balaban J connectivity index is 1.80. The van der Waals surface area contributed by atoms with Crippen molar-refractivity contribution in [3.05, 3.63) is 24.3 Å². The Bertz CT molecular complexity index is 543. The van der Waals surface area contributed by atoms with Crippen LogP contribution in [-0.2, 0) is 4.74 Å². The highest BCUT2D eigenvalue weighted by Gasteiger charge is 2.29. The van der Waals surface area contributed by atoms with Crippen molar-refractivity contribution >= 4 is 11.8 Å². The molecule has 1 aromatic carbocycles. The third kappa shape index (κ3) is 6.15. The van der Waals surface area contributed by atoms with Gasteiger partial charge in [0, 0.05) is 24.8 Å². The number of carbonyl (C=O) groups is 1. The van der Waals surface area contributed by atoms with Crippen molar-refractivity contribution < 1.29 is 14.3 Å². The molecule has 1 aliphatic rings. The molecule has 0 saturated carbocycles. The first-order valence-electron chi connectivity index (χ1n) is 9.26. The first-order valence-corrected chi connectivity index (χ1v) is 9.26. The molecule has 0 aromatic heterocycles. The van der Waals surface area contributed by atoms with Crippen LogP contribution in [0.5, 0.6) is 5.75 Å². The second kappa shape index (κ2) is 8.45. The Morgan fingerprint density at radius 3 is 2.36 bits per heavy atom. The number of rotatable bonds is 5. The highest BCUT2D eigenvalue weighted by atomic mass is 16.6. The Morgan fingerprint density at radius 2 is 1.84 bits per heavy atom.